The van der Waals surface area contributed by atoms with Crippen LogP contribution in [0.3, 0.4) is 0 Å². The molecule has 5 rings (SSSR count). The number of nitrogens with one attached hydrogen (secondary N) is 3. The third kappa shape index (κ3) is 7.18. The van der Waals surface area contributed by atoms with Crippen molar-refractivity contribution in [2.24, 2.45) is 11.3 Å². The molecule has 0 radical (unpaired) electrons. The number of carbonyl (C=O) groups is 4. The number of carbonyl (C=O) groups excluding carboxylic acids is 4. The molecule has 12 nitrogen and oxygen atoms in total. The molecule has 2 aromatic rings. The second-order valence-corrected chi connectivity index (χ2v) is 13.0. The van der Waals surface area contributed by atoms with Crippen molar-refractivity contribution in [3.8, 4) is 0 Å². The molecule has 3 aliphatic rings. The first-order chi connectivity index (χ1) is 21.3. The summed E-state index contributed by atoms with van der Waals surface area (Å²) in [5.41, 5.74) is 3.81. The Morgan fingerprint density at radius 2 is 1.71 bits per heavy atom. The van der Waals surface area contributed by atoms with E-state index in [9.17, 15) is 19.2 Å². The maximum Gasteiger partial charge on any atom is 0.325 e. The first-order valence-electron chi connectivity index (χ1n) is 15.5. The number of ether oxygens (including phenoxy) is 3. The Balaban J connectivity index is 1.54. The van der Waals surface area contributed by atoms with E-state index >= 15 is 0 Å². The summed E-state index contributed by atoms with van der Waals surface area (Å²) in [6.45, 7) is 11.0. The number of pyridine rings is 1. The largest absolute Gasteiger partial charge is 0.455 e. The van der Waals surface area contributed by atoms with E-state index in [1.165, 1.54) is 5.01 Å². The van der Waals surface area contributed by atoms with Gasteiger partial charge in [-0.3, -0.25) is 24.2 Å². The number of hydrogen-bond donors (Lipinski definition) is 3. The number of rotatable bonds is 1. The minimum atomic E-state index is -1.23. The number of esters is 1. The smallest absolute Gasteiger partial charge is 0.325 e. The van der Waals surface area contributed by atoms with Gasteiger partial charge in [0.1, 0.15) is 29.6 Å². The fourth-order valence-electron chi connectivity index (χ4n) is 5.58. The molecule has 1 aromatic heterocycles. The minimum Gasteiger partial charge on any atom is -0.455 e. The van der Waals surface area contributed by atoms with Gasteiger partial charge in [0.2, 0.25) is 11.8 Å². The molecule has 3 N–H and O–H groups in total. The monoisotopic (exact) mass is 621 g/mol. The van der Waals surface area contributed by atoms with E-state index in [0.29, 0.717) is 30.6 Å². The summed E-state index contributed by atoms with van der Waals surface area (Å²) in [4.78, 5) is 58.8. The third-order valence-corrected chi connectivity index (χ3v) is 8.55. The van der Waals surface area contributed by atoms with E-state index in [0.717, 1.165) is 10.9 Å². The zero-order chi connectivity index (χ0) is 32.5. The van der Waals surface area contributed by atoms with Gasteiger partial charge in [0.05, 0.1) is 24.4 Å². The van der Waals surface area contributed by atoms with Crippen LogP contribution in [0.4, 0.5) is 0 Å². The molecule has 4 atom stereocenters. The molecule has 0 aliphatic carbocycles. The zero-order valence-electron chi connectivity index (χ0n) is 26.7. The Morgan fingerprint density at radius 3 is 2.42 bits per heavy atom. The van der Waals surface area contributed by atoms with Gasteiger partial charge in [-0.15, -0.1) is 0 Å². The number of benzene rings is 1. The molecule has 0 saturated carbocycles. The zero-order valence-corrected chi connectivity index (χ0v) is 26.7. The lowest BCUT2D eigenvalue weighted by Crippen LogP contribution is -2.62. The second kappa shape index (κ2) is 12.9. The minimum absolute atomic E-state index is 0.0321. The van der Waals surface area contributed by atoms with Gasteiger partial charge < -0.3 is 24.8 Å². The molecule has 2 saturated heterocycles. The SMILES string of the molecule is CC(C)[C@@H]1NC(=O)C2(C=Cc3ccc4ccc(nc4c3)[C@@H](C)OC(=O)[C@@H]3CCCN(N3)C(=O)[C@H](C)NC1=O)COC(C)(C)OC2. The standard InChI is InChI=1S/C33H43N5O7/c1-19(2)27-28(39)34-20(3)29(40)38-15-7-8-25(37-38)30(41)45-21(4)24-12-11-23-10-9-22(16-26(23)35-24)13-14-33(31(42)36-27)17-43-32(5,6)44-18-33/h9-14,16,19-21,25,27,37H,7-8,15,17-18H2,1-6H3,(H,34,39)(H,36,42)/t20-,21+,25-,27-/m0/s1. The Kier molecular flexibility index (Phi) is 9.29. The quantitative estimate of drug-likeness (QED) is 0.409. The van der Waals surface area contributed by atoms with E-state index < -0.39 is 59.1 Å². The Hall–Kier alpha value is -3.87. The van der Waals surface area contributed by atoms with Gasteiger partial charge >= 0.3 is 5.97 Å². The molecule has 2 fully saturated rings. The van der Waals surface area contributed by atoms with Crippen LogP contribution in [0.25, 0.3) is 17.0 Å². The van der Waals surface area contributed by atoms with Crippen molar-refractivity contribution < 1.29 is 33.4 Å². The lowest BCUT2D eigenvalue weighted by atomic mass is 9.85. The predicted octanol–water partition coefficient (Wildman–Crippen LogP) is 2.78. The normalized spacial score (nSPS) is 27.8. The summed E-state index contributed by atoms with van der Waals surface area (Å²) < 4.78 is 17.7. The highest BCUT2D eigenvalue weighted by Crippen LogP contribution is 2.33. The van der Waals surface area contributed by atoms with Crippen LogP contribution in [-0.4, -0.2) is 77.4 Å². The fourth-order valence-corrected chi connectivity index (χ4v) is 5.58. The van der Waals surface area contributed by atoms with Crippen LogP contribution < -0.4 is 16.1 Å². The molecule has 45 heavy (non-hydrogen) atoms. The van der Waals surface area contributed by atoms with E-state index in [2.05, 4.69) is 16.1 Å². The summed E-state index contributed by atoms with van der Waals surface area (Å²) in [6.07, 6.45) is 3.99. The molecule has 1 spiro atoms. The summed E-state index contributed by atoms with van der Waals surface area (Å²) in [5, 5.41) is 7.92. The molecule has 0 unspecified atom stereocenters. The van der Waals surface area contributed by atoms with Gasteiger partial charge in [0.15, 0.2) is 5.79 Å². The van der Waals surface area contributed by atoms with Crippen molar-refractivity contribution in [3.05, 3.63) is 47.7 Å². The van der Waals surface area contributed by atoms with Gasteiger partial charge in [-0.05, 0) is 64.2 Å². The molecule has 12 heteroatoms. The Morgan fingerprint density at radius 1 is 1.00 bits per heavy atom. The molecule has 5 bridgehead atoms. The average molecular weight is 622 g/mol. The van der Waals surface area contributed by atoms with Crippen LogP contribution in [0, 0.1) is 11.3 Å². The molecule has 3 amide bonds. The van der Waals surface area contributed by atoms with Crippen molar-refractivity contribution >= 4 is 40.7 Å². The number of fused-ring (bicyclic) bond motifs is 4. The van der Waals surface area contributed by atoms with E-state index in [1.54, 1.807) is 33.8 Å². The van der Waals surface area contributed by atoms with Gasteiger partial charge in [0.25, 0.3) is 5.91 Å². The summed E-state index contributed by atoms with van der Waals surface area (Å²) >= 11 is 0. The molecule has 4 heterocycles. The van der Waals surface area contributed by atoms with Gasteiger partial charge in [-0.25, -0.2) is 10.4 Å². The van der Waals surface area contributed by atoms with Crippen LogP contribution in [0.2, 0.25) is 0 Å². The molecular formula is C33H43N5O7. The van der Waals surface area contributed by atoms with E-state index in [-0.39, 0.29) is 19.1 Å². The van der Waals surface area contributed by atoms with Crippen LogP contribution in [-0.2, 0) is 33.4 Å². The summed E-state index contributed by atoms with van der Waals surface area (Å²) in [6, 6.07) is 6.88. The van der Waals surface area contributed by atoms with Crippen LogP contribution >= 0.6 is 0 Å². The lowest BCUT2D eigenvalue weighted by molar-refractivity contribution is -0.272. The van der Waals surface area contributed by atoms with Crippen LogP contribution in [0.15, 0.2) is 36.4 Å². The van der Waals surface area contributed by atoms with Crippen molar-refractivity contribution in [3.63, 3.8) is 0 Å². The molecule has 1 aromatic carbocycles. The van der Waals surface area contributed by atoms with Crippen LogP contribution in [0.5, 0.6) is 0 Å². The number of nitrogens with zero attached hydrogens (tertiary/aromatic N) is 2. The second-order valence-electron chi connectivity index (χ2n) is 13.0. The topological polar surface area (TPSA) is 148 Å². The molecular weight excluding hydrogens is 578 g/mol. The highest BCUT2D eigenvalue weighted by molar-refractivity contribution is 5.94. The summed E-state index contributed by atoms with van der Waals surface area (Å²) in [7, 11) is 0. The number of hydrazine groups is 1. The van der Waals surface area contributed by atoms with Gasteiger partial charge in [-0.1, -0.05) is 44.2 Å². The number of amides is 3. The van der Waals surface area contributed by atoms with Crippen molar-refractivity contribution in [1.82, 2.24) is 26.1 Å². The maximum absolute atomic E-state index is 14.0. The number of cyclic esters (lactones) is 1. The first-order valence-corrected chi connectivity index (χ1v) is 15.5. The first kappa shape index (κ1) is 32.5. The average Bonchev–Trinajstić information content (AvgIpc) is 3.01. The van der Waals surface area contributed by atoms with Crippen molar-refractivity contribution in [2.45, 2.75) is 84.4 Å². The van der Waals surface area contributed by atoms with Crippen LogP contribution in [0.1, 0.15) is 71.7 Å². The van der Waals surface area contributed by atoms with E-state index in [1.807, 2.05) is 50.3 Å². The highest BCUT2D eigenvalue weighted by Gasteiger charge is 2.45. The Bertz CT molecular complexity index is 1500. The van der Waals surface area contributed by atoms with E-state index in [4.69, 9.17) is 19.2 Å². The van der Waals surface area contributed by atoms with Gasteiger partial charge in [0, 0.05) is 11.9 Å². The maximum atomic E-state index is 14.0. The molecule has 242 valence electrons. The van der Waals surface area contributed by atoms with Crippen molar-refractivity contribution in [2.75, 3.05) is 19.8 Å². The highest BCUT2D eigenvalue weighted by atomic mass is 16.7. The Labute approximate surface area is 263 Å². The predicted molar refractivity (Wildman–Crippen MR) is 166 cm³/mol. The number of hydrogen-bond acceptors (Lipinski definition) is 9. The van der Waals surface area contributed by atoms with Crippen molar-refractivity contribution in [1.29, 1.82) is 0 Å². The lowest BCUT2D eigenvalue weighted by Gasteiger charge is -2.41. The third-order valence-electron chi connectivity index (χ3n) is 8.55. The van der Waals surface area contributed by atoms with Gasteiger partial charge in [-0.2, -0.15) is 0 Å². The summed E-state index contributed by atoms with van der Waals surface area (Å²) in [5.74, 6) is -3.00. The number of aromatic nitrogens is 1. The fraction of sp³-hybridized carbons (Fsp3) is 0.545. The molecule has 3 aliphatic heterocycles.